The largest absolute Gasteiger partial charge is 1.00 e. The van der Waals surface area contributed by atoms with Gasteiger partial charge in [-0.1, -0.05) is 0 Å². The van der Waals surface area contributed by atoms with E-state index in [1.54, 1.807) is 23.3 Å². The van der Waals surface area contributed by atoms with E-state index in [2.05, 4.69) is 119 Å². The van der Waals surface area contributed by atoms with Crippen LogP contribution >= 0.6 is 0 Å². The van der Waals surface area contributed by atoms with Crippen molar-refractivity contribution in [3.63, 3.8) is 0 Å². The first-order valence-corrected chi connectivity index (χ1v) is 15.5. The molecule has 0 amide bonds. The topological polar surface area (TPSA) is 0 Å². The minimum atomic E-state index is -0.958. The molecule has 1 unspecified atom stereocenters. The Bertz CT molecular complexity index is 1180. The molecule has 4 rings (SSSR count). The summed E-state index contributed by atoms with van der Waals surface area (Å²) < 4.78 is 3.52. The van der Waals surface area contributed by atoms with Gasteiger partial charge in [-0.3, -0.25) is 0 Å². The Hall–Kier alpha value is -0.617. The van der Waals surface area contributed by atoms with Gasteiger partial charge in [0.25, 0.3) is 0 Å². The molecule has 1 atom stereocenters. The van der Waals surface area contributed by atoms with E-state index in [0.717, 1.165) is 6.42 Å². The molecule has 0 spiro atoms. The molecular weight excluding hydrogens is 558 g/mol. The summed E-state index contributed by atoms with van der Waals surface area (Å²) in [6, 6.07) is 12.2. The van der Waals surface area contributed by atoms with Crippen LogP contribution in [0, 0.1) is 17.3 Å². The molecule has 2 aromatic rings. The molecule has 0 fully saturated rings. The van der Waals surface area contributed by atoms with E-state index >= 15 is 0 Å². The molecule has 0 saturated carbocycles. The first-order valence-electron chi connectivity index (χ1n) is 13.1. The average Bonchev–Trinajstić information content (AvgIpc) is 3.27. The van der Waals surface area contributed by atoms with E-state index in [1.165, 1.54) is 22.3 Å². The second-order valence-electron chi connectivity index (χ2n) is 13.9. The van der Waals surface area contributed by atoms with Crippen LogP contribution in [-0.2, 0) is 40.5 Å². The van der Waals surface area contributed by atoms with E-state index in [9.17, 15) is 0 Å². The van der Waals surface area contributed by atoms with Crippen LogP contribution in [0.2, 0.25) is 0 Å². The van der Waals surface area contributed by atoms with Gasteiger partial charge in [-0.05, 0) is 0 Å². The van der Waals surface area contributed by atoms with Gasteiger partial charge in [0, 0.05) is 0 Å². The fraction of sp³-hybridized carbons (Fsp3) is 0.515. The molecule has 2 aliphatic carbocycles. The van der Waals surface area contributed by atoms with Crippen molar-refractivity contribution in [2.45, 2.75) is 93.4 Å². The summed E-state index contributed by atoms with van der Waals surface area (Å²) in [7, 11) is 0. The van der Waals surface area contributed by atoms with Crippen LogP contribution in [0.3, 0.4) is 0 Å². The van der Waals surface area contributed by atoms with Crippen LogP contribution in [-0.4, -0.2) is 0 Å². The second kappa shape index (κ2) is 10.9. The molecule has 0 saturated heterocycles. The molecule has 0 heterocycles. The fourth-order valence-corrected chi connectivity index (χ4v) is 10.5. The summed E-state index contributed by atoms with van der Waals surface area (Å²) in [6.07, 6.45) is 6.32. The van der Waals surface area contributed by atoms with E-state index in [4.69, 9.17) is 0 Å². The van der Waals surface area contributed by atoms with Gasteiger partial charge in [-0.25, -0.2) is 0 Å². The van der Waals surface area contributed by atoms with Crippen molar-refractivity contribution in [3.05, 3.63) is 73.6 Å². The molecule has 0 nitrogen and oxygen atoms in total. The van der Waals surface area contributed by atoms with Crippen molar-refractivity contribution in [2.24, 2.45) is 17.3 Å². The third-order valence-corrected chi connectivity index (χ3v) is 11.5. The predicted molar refractivity (Wildman–Crippen MR) is 146 cm³/mol. The molecule has 0 aromatic heterocycles. The SMILES string of the molecule is CC(C)C1C=C(C(C)(C)C)C=[C]1[Zr+2][c]1c(C(C)(C)C)ccc2c1Cc1cc(C(C)(C)C)ccc1-2.[Cl-].[Cl-]. The predicted octanol–water partition coefficient (Wildman–Crippen LogP) is 2.71. The van der Waals surface area contributed by atoms with Crippen molar-refractivity contribution in [1.82, 2.24) is 0 Å². The third kappa shape index (κ3) is 6.16. The summed E-state index contributed by atoms with van der Waals surface area (Å²) >= 11 is -0.958. The molecule has 3 heteroatoms. The van der Waals surface area contributed by atoms with Crippen molar-refractivity contribution >= 4 is 3.27 Å². The van der Waals surface area contributed by atoms with Crippen LogP contribution in [0.15, 0.2) is 51.3 Å². The zero-order valence-corrected chi connectivity index (χ0v) is 28.1. The Morgan fingerprint density at radius 2 is 1.39 bits per heavy atom. The molecular formula is C33H44Cl2Zr. The normalized spacial score (nSPS) is 16.9. The maximum Gasteiger partial charge on any atom is -1.00 e. The van der Waals surface area contributed by atoms with Crippen LogP contribution in [0.4, 0.5) is 0 Å². The Kier molecular flexibility index (Phi) is 9.54. The van der Waals surface area contributed by atoms with Gasteiger partial charge in [-0.15, -0.1) is 0 Å². The van der Waals surface area contributed by atoms with Gasteiger partial charge in [0.15, 0.2) is 0 Å². The summed E-state index contributed by atoms with van der Waals surface area (Å²) in [4.78, 5) is 0. The molecule has 2 aromatic carbocycles. The second-order valence-corrected chi connectivity index (χ2v) is 17.2. The van der Waals surface area contributed by atoms with Gasteiger partial charge in [0.2, 0.25) is 0 Å². The number of hydrogen-bond donors (Lipinski definition) is 0. The number of benzene rings is 2. The first-order chi connectivity index (χ1) is 15.6. The minimum absolute atomic E-state index is 0. The zero-order valence-electron chi connectivity index (χ0n) is 24.2. The molecule has 0 bridgehead atoms. The van der Waals surface area contributed by atoms with Gasteiger partial charge in [0.1, 0.15) is 0 Å². The summed E-state index contributed by atoms with van der Waals surface area (Å²) in [6.45, 7) is 26.1. The maximum atomic E-state index is 2.61. The van der Waals surface area contributed by atoms with Crippen molar-refractivity contribution in [3.8, 4) is 11.1 Å². The Labute approximate surface area is 245 Å². The van der Waals surface area contributed by atoms with Crippen LogP contribution in [0.5, 0.6) is 0 Å². The fourth-order valence-electron chi connectivity index (χ4n) is 5.39. The van der Waals surface area contributed by atoms with E-state index in [1.807, 2.05) is 0 Å². The third-order valence-electron chi connectivity index (χ3n) is 7.63. The van der Waals surface area contributed by atoms with Crippen LogP contribution in [0.1, 0.15) is 98.4 Å². The Morgan fingerprint density at radius 1 is 0.778 bits per heavy atom. The molecule has 0 radical (unpaired) electrons. The zero-order chi connectivity index (χ0) is 25.2. The smallest absolute Gasteiger partial charge is 1.00 e. The molecule has 2 aliphatic rings. The van der Waals surface area contributed by atoms with Crippen LogP contribution < -0.4 is 28.1 Å². The van der Waals surface area contributed by atoms with E-state index < -0.39 is 23.2 Å². The maximum absolute atomic E-state index is 2.61. The van der Waals surface area contributed by atoms with Gasteiger partial charge in [0.05, 0.1) is 0 Å². The van der Waals surface area contributed by atoms with Crippen LogP contribution in [0.25, 0.3) is 11.1 Å². The standard InChI is InChI=1S/C21H25.C12H19.2ClH.Zr/c1-20(2,3)16-7-9-18-14(12-16)11-15-13-17(21(4,5)6)8-10-19(15)18;1-9(2)10-6-7-11(8-10)12(3,4)5;;;/h7-10,12H,11H2,1-6H3;7-10H,1-5H3;2*1H;/q;;;;+2/p-2. The van der Waals surface area contributed by atoms with E-state index in [-0.39, 0.29) is 41.1 Å². The first kappa shape index (κ1) is 31.6. The summed E-state index contributed by atoms with van der Waals surface area (Å²) in [5.74, 6) is 1.27. The van der Waals surface area contributed by atoms with Crippen molar-refractivity contribution in [1.29, 1.82) is 0 Å². The van der Waals surface area contributed by atoms with Crippen molar-refractivity contribution < 1.29 is 48.0 Å². The minimum Gasteiger partial charge on any atom is -1.00 e. The Morgan fingerprint density at radius 3 is 1.92 bits per heavy atom. The van der Waals surface area contributed by atoms with E-state index in [0.29, 0.717) is 11.8 Å². The monoisotopic (exact) mass is 600 g/mol. The molecule has 0 aliphatic heterocycles. The number of allylic oxidation sites excluding steroid dienone is 4. The Balaban J connectivity index is 0.00000228. The number of rotatable bonds is 3. The molecule has 0 N–H and O–H groups in total. The number of halogens is 2. The molecule has 36 heavy (non-hydrogen) atoms. The van der Waals surface area contributed by atoms with Gasteiger partial charge in [-0.2, -0.15) is 0 Å². The molecule has 194 valence electrons. The van der Waals surface area contributed by atoms with Crippen molar-refractivity contribution in [2.75, 3.05) is 0 Å². The van der Waals surface area contributed by atoms with Gasteiger partial charge < -0.3 is 24.8 Å². The quantitative estimate of drug-likeness (QED) is 0.433. The number of hydrogen-bond acceptors (Lipinski definition) is 0. The summed E-state index contributed by atoms with van der Waals surface area (Å²) in [5.41, 5.74) is 11.3. The average molecular weight is 603 g/mol. The number of fused-ring (bicyclic) bond motifs is 3. The summed E-state index contributed by atoms with van der Waals surface area (Å²) in [5, 5.41) is 0. The van der Waals surface area contributed by atoms with Gasteiger partial charge >= 0.3 is 222 Å².